The summed E-state index contributed by atoms with van der Waals surface area (Å²) in [6.07, 6.45) is 0. The van der Waals surface area contributed by atoms with Crippen LogP contribution in [0.4, 0.5) is 10.1 Å². The van der Waals surface area contributed by atoms with Crippen molar-refractivity contribution in [3.8, 4) is 0 Å². The van der Waals surface area contributed by atoms with Crippen molar-refractivity contribution in [2.75, 3.05) is 31.6 Å². The summed E-state index contributed by atoms with van der Waals surface area (Å²) >= 11 is 6.06. The third kappa shape index (κ3) is 3.80. The number of carbonyl (C=O) groups excluding carboxylic acids is 2. The van der Waals surface area contributed by atoms with Crippen LogP contribution in [0.2, 0.25) is 5.02 Å². The van der Waals surface area contributed by atoms with Gasteiger partial charge in [-0.2, -0.15) is 0 Å². The fraction of sp³-hybridized carbons (Fsp3) is 0.286. The van der Waals surface area contributed by atoms with E-state index in [2.05, 4.69) is 11.9 Å². The molecule has 21 heavy (non-hydrogen) atoms. The summed E-state index contributed by atoms with van der Waals surface area (Å²) in [5, 5.41) is 2.47. The van der Waals surface area contributed by atoms with E-state index in [0.29, 0.717) is 37.6 Å². The maximum Gasteiger partial charge on any atom is 0.283 e. The molecule has 0 bridgehead atoms. The minimum Gasteiger partial charge on any atom is -0.378 e. The third-order valence-corrected chi connectivity index (χ3v) is 3.31. The molecule has 1 fully saturated rings. The summed E-state index contributed by atoms with van der Waals surface area (Å²) in [4.78, 5) is 25.1. The molecule has 0 spiro atoms. The van der Waals surface area contributed by atoms with Crippen LogP contribution < -0.4 is 5.32 Å². The Morgan fingerprint density at radius 1 is 1.33 bits per heavy atom. The predicted molar refractivity (Wildman–Crippen MR) is 77.1 cm³/mol. The van der Waals surface area contributed by atoms with E-state index in [0.717, 1.165) is 0 Å². The molecular weight excluding hydrogens is 299 g/mol. The van der Waals surface area contributed by atoms with Crippen LogP contribution in [0.25, 0.3) is 0 Å². The molecule has 0 radical (unpaired) electrons. The third-order valence-electron chi connectivity index (χ3n) is 3.00. The van der Waals surface area contributed by atoms with Gasteiger partial charge in [0.05, 0.1) is 23.8 Å². The summed E-state index contributed by atoms with van der Waals surface area (Å²) in [5.74, 6) is -2.24. The maximum atomic E-state index is 12.6. The first-order valence-corrected chi connectivity index (χ1v) is 6.69. The van der Waals surface area contributed by atoms with E-state index in [1.54, 1.807) is 4.90 Å². The Morgan fingerprint density at radius 3 is 2.57 bits per heavy atom. The quantitative estimate of drug-likeness (QED) is 0.871. The van der Waals surface area contributed by atoms with Crippen molar-refractivity contribution >= 4 is 29.1 Å². The highest BCUT2D eigenvalue weighted by atomic mass is 35.5. The van der Waals surface area contributed by atoms with Crippen molar-refractivity contribution in [3.05, 3.63) is 41.2 Å². The molecule has 1 heterocycles. The number of hydrogen-bond donors (Lipinski definition) is 1. The van der Waals surface area contributed by atoms with E-state index in [-0.39, 0.29) is 10.9 Å². The Bertz CT molecular complexity index is 586. The van der Waals surface area contributed by atoms with Gasteiger partial charge in [0.15, 0.2) is 5.83 Å². The summed E-state index contributed by atoms with van der Waals surface area (Å²) in [6.45, 7) is 4.91. The van der Waals surface area contributed by atoms with Crippen LogP contribution in [0.5, 0.6) is 0 Å². The smallest absolute Gasteiger partial charge is 0.283 e. The number of ether oxygens (including phenoxy) is 1. The fourth-order valence-electron chi connectivity index (χ4n) is 1.90. The van der Waals surface area contributed by atoms with E-state index in [1.807, 2.05) is 0 Å². The SMILES string of the molecule is C=C(F)C(=O)Nc1ccc(C(=O)N2CCOCC2)c(Cl)c1. The lowest BCUT2D eigenvalue weighted by atomic mass is 10.1. The minimum atomic E-state index is -1.10. The second-order valence-electron chi connectivity index (χ2n) is 4.46. The van der Waals surface area contributed by atoms with Gasteiger partial charge in [0.1, 0.15) is 0 Å². The predicted octanol–water partition coefficient (Wildman–Crippen LogP) is 2.23. The van der Waals surface area contributed by atoms with Gasteiger partial charge in [-0.05, 0) is 18.2 Å². The van der Waals surface area contributed by atoms with Crippen LogP contribution in [-0.4, -0.2) is 43.0 Å². The van der Waals surface area contributed by atoms with E-state index in [1.165, 1.54) is 18.2 Å². The molecule has 1 N–H and O–H groups in total. The summed E-state index contributed by atoms with van der Waals surface area (Å²) in [5.41, 5.74) is 0.623. The Kier molecular flexibility index (Phi) is 4.93. The number of nitrogens with zero attached hydrogens (tertiary/aromatic N) is 1. The van der Waals surface area contributed by atoms with E-state index in [4.69, 9.17) is 16.3 Å². The summed E-state index contributed by atoms with van der Waals surface area (Å²) in [7, 11) is 0. The molecule has 0 aromatic heterocycles. The van der Waals surface area contributed by atoms with Crippen molar-refractivity contribution < 1.29 is 18.7 Å². The molecule has 1 aliphatic heterocycles. The zero-order chi connectivity index (χ0) is 15.4. The summed E-state index contributed by atoms with van der Waals surface area (Å²) < 4.78 is 17.8. The molecule has 0 atom stereocenters. The molecule has 1 saturated heterocycles. The first-order valence-electron chi connectivity index (χ1n) is 6.31. The zero-order valence-electron chi connectivity index (χ0n) is 11.2. The fourth-order valence-corrected chi connectivity index (χ4v) is 2.16. The Labute approximate surface area is 126 Å². The van der Waals surface area contributed by atoms with Crippen LogP contribution in [0, 0.1) is 0 Å². The number of anilines is 1. The molecule has 1 aromatic rings. The normalized spacial score (nSPS) is 14.7. The highest BCUT2D eigenvalue weighted by Gasteiger charge is 2.21. The van der Waals surface area contributed by atoms with Crippen molar-refractivity contribution in [1.29, 1.82) is 0 Å². The Hall–Kier alpha value is -1.92. The van der Waals surface area contributed by atoms with Crippen molar-refractivity contribution in [2.24, 2.45) is 0 Å². The second-order valence-corrected chi connectivity index (χ2v) is 4.87. The zero-order valence-corrected chi connectivity index (χ0v) is 12.0. The standard InChI is InChI=1S/C14H14ClFN2O3/c1-9(16)13(19)17-10-2-3-11(12(15)8-10)14(20)18-4-6-21-7-5-18/h2-3,8H,1,4-7H2,(H,17,19). The minimum absolute atomic E-state index is 0.189. The topological polar surface area (TPSA) is 58.6 Å². The molecular formula is C14H14ClFN2O3. The van der Waals surface area contributed by atoms with E-state index >= 15 is 0 Å². The first kappa shape index (κ1) is 15.5. The number of halogens is 2. The van der Waals surface area contributed by atoms with E-state index < -0.39 is 11.7 Å². The van der Waals surface area contributed by atoms with Crippen LogP contribution in [-0.2, 0) is 9.53 Å². The molecule has 0 saturated carbocycles. The van der Waals surface area contributed by atoms with Gasteiger partial charge in [-0.15, -0.1) is 0 Å². The average Bonchev–Trinajstić information content (AvgIpc) is 2.47. The highest BCUT2D eigenvalue weighted by Crippen LogP contribution is 2.23. The molecule has 112 valence electrons. The van der Waals surface area contributed by atoms with Gasteiger partial charge in [-0.25, -0.2) is 4.39 Å². The number of rotatable bonds is 3. The highest BCUT2D eigenvalue weighted by molar-refractivity contribution is 6.34. The van der Waals surface area contributed by atoms with Gasteiger partial charge in [0.25, 0.3) is 11.8 Å². The van der Waals surface area contributed by atoms with Gasteiger partial charge >= 0.3 is 0 Å². The molecule has 7 heteroatoms. The number of carbonyl (C=O) groups is 2. The van der Waals surface area contributed by atoms with Crippen molar-refractivity contribution in [1.82, 2.24) is 4.90 Å². The van der Waals surface area contributed by atoms with Crippen LogP contribution in [0.1, 0.15) is 10.4 Å². The number of morpholine rings is 1. The van der Waals surface area contributed by atoms with Gasteiger partial charge in [0.2, 0.25) is 0 Å². The van der Waals surface area contributed by atoms with Gasteiger partial charge in [-0.3, -0.25) is 9.59 Å². The van der Waals surface area contributed by atoms with Crippen LogP contribution in [0.3, 0.4) is 0 Å². The molecule has 5 nitrogen and oxygen atoms in total. The molecule has 1 aromatic carbocycles. The molecule has 1 aliphatic rings. The Balaban J connectivity index is 2.13. The van der Waals surface area contributed by atoms with E-state index in [9.17, 15) is 14.0 Å². The van der Waals surface area contributed by atoms with Crippen molar-refractivity contribution in [3.63, 3.8) is 0 Å². The molecule has 0 aliphatic carbocycles. The number of amides is 2. The molecule has 0 unspecified atom stereocenters. The van der Waals surface area contributed by atoms with Gasteiger partial charge in [0, 0.05) is 18.8 Å². The summed E-state index contributed by atoms with van der Waals surface area (Å²) in [6, 6.07) is 4.38. The average molecular weight is 313 g/mol. The van der Waals surface area contributed by atoms with Gasteiger partial charge < -0.3 is 15.0 Å². The second kappa shape index (κ2) is 6.69. The lowest BCUT2D eigenvalue weighted by Gasteiger charge is -2.27. The Morgan fingerprint density at radius 2 is 2.00 bits per heavy atom. The molecule has 2 amide bonds. The lowest BCUT2D eigenvalue weighted by Crippen LogP contribution is -2.40. The lowest BCUT2D eigenvalue weighted by molar-refractivity contribution is -0.114. The van der Waals surface area contributed by atoms with Crippen LogP contribution >= 0.6 is 11.6 Å². The van der Waals surface area contributed by atoms with Gasteiger partial charge in [-0.1, -0.05) is 18.2 Å². The molecule has 2 rings (SSSR count). The number of hydrogen-bond acceptors (Lipinski definition) is 3. The number of nitrogens with one attached hydrogen (secondary N) is 1. The van der Waals surface area contributed by atoms with Crippen molar-refractivity contribution in [2.45, 2.75) is 0 Å². The van der Waals surface area contributed by atoms with Crippen LogP contribution in [0.15, 0.2) is 30.6 Å². The maximum absolute atomic E-state index is 12.6. The monoisotopic (exact) mass is 312 g/mol. The largest absolute Gasteiger partial charge is 0.378 e. The first-order chi connectivity index (χ1) is 9.99. The number of benzene rings is 1.